The molecule has 1 atom stereocenters. The molecule has 0 amide bonds. The lowest BCUT2D eigenvalue weighted by Crippen LogP contribution is -2.48. The Morgan fingerprint density at radius 2 is 2.20 bits per heavy atom. The number of likely N-dealkylation sites (N-methyl/N-ethyl adjacent to an activating group) is 1. The van der Waals surface area contributed by atoms with Gasteiger partial charge in [-0.15, -0.1) is 0 Å². The number of aryl methyl sites for hydroxylation is 2. The van der Waals surface area contributed by atoms with E-state index in [1.54, 1.807) is 11.9 Å². The lowest BCUT2D eigenvalue weighted by atomic mass is 10.1. The summed E-state index contributed by atoms with van der Waals surface area (Å²) >= 11 is 0. The van der Waals surface area contributed by atoms with Crippen molar-refractivity contribution in [3.05, 3.63) is 35.4 Å². The normalized spacial score (nSPS) is 18.1. The average molecular weight is 343 g/mol. The first kappa shape index (κ1) is 17.6. The molecule has 1 aromatic heterocycles. The summed E-state index contributed by atoms with van der Waals surface area (Å²) < 4.78 is 5.81. The number of carboxylic acid groups (broad SMARTS) is 1. The molecule has 1 saturated heterocycles. The molecular formula is C19H25N3O3. The van der Waals surface area contributed by atoms with Crippen molar-refractivity contribution >= 4 is 22.7 Å². The third-order valence-corrected chi connectivity index (χ3v) is 4.54. The minimum absolute atomic E-state index is 0.0200. The number of rotatable bonds is 5. The summed E-state index contributed by atoms with van der Waals surface area (Å²) in [7, 11) is 1.80. The number of morpholine rings is 1. The molecule has 3 rings (SSSR count). The Morgan fingerprint density at radius 1 is 1.40 bits per heavy atom. The SMILES string of the molecule is Cc1ccc2c(C)cc(N3CCOC(CN(C)CC(=O)O)C3)nc2c1. The molecule has 0 spiro atoms. The zero-order valence-electron chi connectivity index (χ0n) is 15.0. The summed E-state index contributed by atoms with van der Waals surface area (Å²) in [5, 5.41) is 10.1. The highest BCUT2D eigenvalue weighted by atomic mass is 16.5. The van der Waals surface area contributed by atoms with Crippen LogP contribution in [0.1, 0.15) is 11.1 Å². The Morgan fingerprint density at radius 3 is 2.96 bits per heavy atom. The van der Waals surface area contributed by atoms with Crippen LogP contribution in [0.4, 0.5) is 5.82 Å². The van der Waals surface area contributed by atoms with Gasteiger partial charge in [0.05, 0.1) is 24.8 Å². The van der Waals surface area contributed by atoms with Crippen molar-refractivity contribution in [1.29, 1.82) is 0 Å². The molecule has 2 heterocycles. The monoisotopic (exact) mass is 343 g/mol. The van der Waals surface area contributed by atoms with Crippen molar-refractivity contribution in [1.82, 2.24) is 9.88 Å². The van der Waals surface area contributed by atoms with Gasteiger partial charge in [0, 0.05) is 25.0 Å². The third kappa shape index (κ3) is 4.27. The molecule has 1 aromatic carbocycles. The standard InChI is InChI=1S/C19H25N3O3/c1-13-4-5-16-14(2)9-18(20-17(16)8-13)22-6-7-25-15(11-22)10-21(3)12-19(23)24/h4-5,8-9,15H,6-7,10-12H2,1-3H3,(H,23,24). The number of ether oxygens (including phenoxy) is 1. The summed E-state index contributed by atoms with van der Waals surface area (Å²) in [6.07, 6.45) is -0.0200. The number of hydrogen-bond acceptors (Lipinski definition) is 5. The van der Waals surface area contributed by atoms with Gasteiger partial charge in [0.2, 0.25) is 0 Å². The van der Waals surface area contributed by atoms with Gasteiger partial charge in [-0.1, -0.05) is 12.1 Å². The van der Waals surface area contributed by atoms with Crippen LogP contribution in [0.15, 0.2) is 24.3 Å². The maximum atomic E-state index is 10.8. The largest absolute Gasteiger partial charge is 0.480 e. The Hall–Kier alpha value is -2.18. The summed E-state index contributed by atoms with van der Waals surface area (Å²) in [5.41, 5.74) is 3.43. The fourth-order valence-electron chi connectivity index (χ4n) is 3.34. The molecule has 1 fully saturated rings. The first-order valence-electron chi connectivity index (χ1n) is 8.57. The summed E-state index contributed by atoms with van der Waals surface area (Å²) in [5.74, 6) is 0.141. The molecule has 0 saturated carbocycles. The number of fused-ring (bicyclic) bond motifs is 1. The van der Waals surface area contributed by atoms with E-state index in [9.17, 15) is 4.79 Å². The van der Waals surface area contributed by atoms with Gasteiger partial charge < -0.3 is 14.7 Å². The van der Waals surface area contributed by atoms with Crippen LogP contribution in [0.2, 0.25) is 0 Å². The third-order valence-electron chi connectivity index (χ3n) is 4.54. The van der Waals surface area contributed by atoms with Gasteiger partial charge in [-0.05, 0) is 44.2 Å². The second-order valence-corrected chi connectivity index (χ2v) is 6.85. The molecule has 1 aliphatic rings. The van der Waals surface area contributed by atoms with E-state index in [1.807, 2.05) is 0 Å². The molecular weight excluding hydrogens is 318 g/mol. The minimum atomic E-state index is -0.822. The fraction of sp³-hybridized carbons (Fsp3) is 0.474. The second kappa shape index (κ2) is 7.37. The highest BCUT2D eigenvalue weighted by Crippen LogP contribution is 2.24. The topological polar surface area (TPSA) is 65.9 Å². The molecule has 25 heavy (non-hydrogen) atoms. The molecule has 6 heteroatoms. The van der Waals surface area contributed by atoms with Crippen LogP contribution < -0.4 is 4.90 Å². The van der Waals surface area contributed by atoms with E-state index in [-0.39, 0.29) is 12.6 Å². The molecule has 1 unspecified atom stereocenters. The number of carbonyl (C=O) groups is 1. The second-order valence-electron chi connectivity index (χ2n) is 6.85. The lowest BCUT2D eigenvalue weighted by molar-refractivity contribution is -0.138. The first-order valence-corrected chi connectivity index (χ1v) is 8.57. The van der Waals surface area contributed by atoms with Crippen molar-refractivity contribution < 1.29 is 14.6 Å². The van der Waals surface area contributed by atoms with Crippen molar-refractivity contribution in [2.75, 3.05) is 44.7 Å². The zero-order valence-corrected chi connectivity index (χ0v) is 15.0. The number of anilines is 1. The van der Waals surface area contributed by atoms with Gasteiger partial charge in [0.15, 0.2) is 0 Å². The van der Waals surface area contributed by atoms with E-state index >= 15 is 0 Å². The number of benzene rings is 1. The summed E-state index contributed by atoms with van der Waals surface area (Å²) in [6, 6.07) is 8.48. The number of carboxylic acids is 1. The molecule has 6 nitrogen and oxygen atoms in total. The van der Waals surface area contributed by atoms with E-state index < -0.39 is 5.97 Å². The Bertz CT molecular complexity index is 778. The molecule has 1 N–H and O–H groups in total. The van der Waals surface area contributed by atoms with E-state index in [1.165, 1.54) is 16.5 Å². The van der Waals surface area contributed by atoms with Gasteiger partial charge in [0.25, 0.3) is 0 Å². The van der Waals surface area contributed by atoms with Crippen LogP contribution in [-0.2, 0) is 9.53 Å². The van der Waals surface area contributed by atoms with E-state index in [0.717, 1.165) is 17.9 Å². The maximum absolute atomic E-state index is 10.8. The maximum Gasteiger partial charge on any atom is 0.317 e. The predicted molar refractivity (Wildman–Crippen MR) is 98.3 cm³/mol. The van der Waals surface area contributed by atoms with Crippen molar-refractivity contribution in [3.8, 4) is 0 Å². The average Bonchev–Trinajstić information content (AvgIpc) is 2.53. The molecule has 1 aliphatic heterocycles. The number of aromatic nitrogens is 1. The zero-order chi connectivity index (χ0) is 18.0. The van der Waals surface area contributed by atoms with Crippen LogP contribution in [0.25, 0.3) is 10.9 Å². The van der Waals surface area contributed by atoms with Gasteiger partial charge in [-0.25, -0.2) is 4.98 Å². The Labute approximate surface area is 148 Å². The van der Waals surface area contributed by atoms with Crippen LogP contribution in [0.5, 0.6) is 0 Å². The van der Waals surface area contributed by atoms with Crippen LogP contribution in [0.3, 0.4) is 0 Å². The van der Waals surface area contributed by atoms with Crippen molar-refractivity contribution in [3.63, 3.8) is 0 Å². The molecule has 2 aromatic rings. The van der Waals surface area contributed by atoms with Gasteiger partial charge >= 0.3 is 5.97 Å². The van der Waals surface area contributed by atoms with E-state index in [4.69, 9.17) is 14.8 Å². The summed E-state index contributed by atoms with van der Waals surface area (Å²) in [4.78, 5) is 19.7. The molecule has 0 aliphatic carbocycles. The highest BCUT2D eigenvalue weighted by Gasteiger charge is 2.23. The lowest BCUT2D eigenvalue weighted by Gasteiger charge is -2.35. The van der Waals surface area contributed by atoms with Gasteiger partial charge in [-0.3, -0.25) is 9.69 Å². The fourth-order valence-corrected chi connectivity index (χ4v) is 3.34. The summed E-state index contributed by atoms with van der Waals surface area (Å²) in [6.45, 7) is 6.93. The van der Waals surface area contributed by atoms with Gasteiger partial charge in [-0.2, -0.15) is 0 Å². The van der Waals surface area contributed by atoms with Crippen molar-refractivity contribution in [2.45, 2.75) is 20.0 Å². The van der Waals surface area contributed by atoms with E-state index in [0.29, 0.717) is 19.7 Å². The first-order chi connectivity index (χ1) is 11.9. The highest BCUT2D eigenvalue weighted by molar-refractivity contribution is 5.84. The molecule has 0 radical (unpaired) electrons. The van der Waals surface area contributed by atoms with Crippen molar-refractivity contribution in [2.24, 2.45) is 0 Å². The van der Waals surface area contributed by atoms with E-state index in [2.05, 4.69) is 43.0 Å². The van der Waals surface area contributed by atoms with Crippen LogP contribution in [0, 0.1) is 13.8 Å². The quantitative estimate of drug-likeness (QED) is 0.897. The van der Waals surface area contributed by atoms with Crippen LogP contribution in [-0.4, -0.2) is 66.9 Å². The number of nitrogens with zero attached hydrogens (tertiary/aromatic N) is 3. The smallest absolute Gasteiger partial charge is 0.317 e. The van der Waals surface area contributed by atoms with Gasteiger partial charge in [0.1, 0.15) is 5.82 Å². The number of hydrogen-bond donors (Lipinski definition) is 1. The minimum Gasteiger partial charge on any atom is -0.480 e. The Kier molecular flexibility index (Phi) is 5.20. The Balaban J connectivity index is 1.77. The number of aliphatic carboxylic acids is 1. The van der Waals surface area contributed by atoms with Crippen LogP contribution >= 0.6 is 0 Å². The predicted octanol–water partition coefficient (Wildman–Crippen LogP) is 2.07. The molecule has 0 bridgehead atoms. The number of pyridine rings is 1. The molecule has 134 valence electrons.